The fourth-order valence-corrected chi connectivity index (χ4v) is 3.41. The number of morpholine rings is 1. The zero-order valence-electron chi connectivity index (χ0n) is 16.7. The van der Waals surface area contributed by atoms with Crippen LogP contribution in [0.1, 0.15) is 25.8 Å². The SMILES string of the molecule is CC(C)NC(=S)N(CCCN1CCOCC1)Cc1ccc(N(C)C)cc1. The number of nitrogens with zero attached hydrogens (tertiary/aromatic N) is 3. The van der Waals surface area contributed by atoms with Crippen molar-refractivity contribution in [3.05, 3.63) is 29.8 Å². The van der Waals surface area contributed by atoms with Crippen molar-refractivity contribution in [1.29, 1.82) is 0 Å². The maximum Gasteiger partial charge on any atom is 0.169 e. The molecule has 0 saturated carbocycles. The van der Waals surface area contributed by atoms with Gasteiger partial charge in [-0.3, -0.25) is 4.90 Å². The van der Waals surface area contributed by atoms with E-state index < -0.39 is 0 Å². The summed E-state index contributed by atoms with van der Waals surface area (Å²) >= 11 is 5.66. The lowest BCUT2D eigenvalue weighted by atomic mass is 10.2. The third-order valence-corrected chi connectivity index (χ3v) is 4.91. The second-order valence-electron chi connectivity index (χ2n) is 7.39. The predicted octanol–water partition coefficient (Wildman–Crippen LogP) is 2.56. The van der Waals surface area contributed by atoms with Gasteiger partial charge < -0.3 is 19.9 Å². The molecule has 0 spiro atoms. The Hall–Kier alpha value is -1.37. The summed E-state index contributed by atoms with van der Waals surface area (Å²) < 4.78 is 5.43. The Balaban J connectivity index is 1.92. The van der Waals surface area contributed by atoms with E-state index in [4.69, 9.17) is 17.0 Å². The van der Waals surface area contributed by atoms with E-state index in [1.807, 2.05) is 0 Å². The van der Waals surface area contributed by atoms with E-state index in [0.717, 1.165) is 57.5 Å². The highest BCUT2D eigenvalue weighted by molar-refractivity contribution is 7.80. The van der Waals surface area contributed by atoms with Gasteiger partial charge in [0.25, 0.3) is 0 Å². The molecule has 1 heterocycles. The molecule has 0 aromatic heterocycles. The molecule has 1 aromatic rings. The fourth-order valence-electron chi connectivity index (χ4n) is 3.02. The van der Waals surface area contributed by atoms with Gasteiger partial charge in [0.15, 0.2) is 5.11 Å². The van der Waals surface area contributed by atoms with E-state index in [2.05, 4.69) is 72.2 Å². The van der Waals surface area contributed by atoms with Crippen molar-refractivity contribution in [3.63, 3.8) is 0 Å². The lowest BCUT2D eigenvalue weighted by Crippen LogP contribution is -2.44. The van der Waals surface area contributed by atoms with E-state index in [1.54, 1.807) is 0 Å². The van der Waals surface area contributed by atoms with Crippen molar-refractivity contribution in [3.8, 4) is 0 Å². The van der Waals surface area contributed by atoms with Crippen LogP contribution in [0, 0.1) is 0 Å². The molecule has 26 heavy (non-hydrogen) atoms. The minimum Gasteiger partial charge on any atom is -0.379 e. The van der Waals surface area contributed by atoms with Crippen LogP contribution in [-0.2, 0) is 11.3 Å². The zero-order valence-corrected chi connectivity index (χ0v) is 17.5. The third-order valence-electron chi connectivity index (χ3n) is 4.53. The van der Waals surface area contributed by atoms with Crippen LogP contribution in [0.5, 0.6) is 0 Å². The van der Waals surface area contributed by atoms with Gasteiger partial charge in [0.1, 0.15) is 0 Å². The summed E-state index contributed by atoms with van der Waals surface area (Å²) in [4.78, 5) is 6.89. The molecule has 0 atom stereocenters. The third kappa shape index (κ3) is 7.09. The van der Waals surface area contributed by atoms with Gasteiger partial charge in [0, 0.05) is 58.5 Å². The number of ether oxygens (including phenoxy) is 1. The Labute approximate surface area is 164 Å². The molecule has 1 aliphatic heterocycles. The Morgan fingerprint density at radius 2 is 1.85 bits per heavy atom. The van der Waals surface area contributed by atoms with Crippen molar-refractivity contribution >= 4 is 23.0 Å². The molecule has 1 aliphatic rings. The number of benzene rings is 1. The summed E-state index contributed by atoms with van der Waals surface area (Å²) in [5, 5.41) is 4.24. The first kappa shape index (κ1) is 20.9. The van der Waals surface area contributed by atoms with Crippen LogP contribution in [-0.4, -0.2) is 74.4 Å². The Kier molecular flexibility index (Phi) is 8.62. The Morgan fingerprint density at radius 1 is 1.19 bits per heavy atom. The van der Waals surface area contributed by atoms with Gasteiger partial charge in [-0.1, -0.05) is 12.1 Å². The highest BCUT2D eigenvalue weighted by atomic mass is 32.1. The summed E-state index contributed by atoms with van der Waals surface area (Å²) in [6, 6.07) is 9.07. The summed E-state index contributed by atoms with van der Waals surface area (Å²) in [7, 11) is 4.13. The molecule has 0 aliphatic carbocycles. The number of hydrogen-bond donors (Lipinski definition) is 1. The number of nitrogens with one attached hydrogen (secondary N) is 1. The fraction of sp³-hybridized carbons (Fsp3) is 0.650. The van der Waals surface area contributed by atoms with Crippen LogP contribution in [0.4, 0.5) is 5.69 Å². The first-order chi connectivity index (χ1) is 12.5. The summed E-state index contributed by atoms with van der Waals surface area (Å²) in [6.45, 7) is 11.0. The molecule has 1 fully saturated rings. The number of rotatable bonds is 8. The van der Waals surface area contributed by atoms with Crippen molar-refractivity contribution in [2.24, 2.45) is 0 Å². The van der Waals surface area contributed by atoms with E-state index in [-0.39, 0.29) is 0 Å². The summed E-state index contributed by atoms with van der Waals surface area (Å²) in [5.41, 5.74) is 2.50. The van der Waals surface area contributed by atoms with Gasteiger partial charge in [-0.2, -0.15) is 0 Å². The van der Waals surface area contributed by atoms with Crippen molar-refractivity contribution in [2.45, 2.75) is 32.9 Å². The average molecular weight is 379 g/mol. The molecule has 0 radical (unpaired) electrons. The zero-order chi connectivity index (χ0) is 18.9. The largest absolute Gasteiger partial charge is 0.379 e. The van der Waals surface area contributed by atoms with Crippen molar-refractivity contribution in [2.75, 3.05) is 58.4 Å². The maximum absolute atomic E-state index is 5.66. The number of thiocarbonyl (C=S) groups is 1. The van der Waals surface area contributed by atoms with Crippen LogP contribution in [0.3, 0.4) is 0 Å². The van der Waals surface area contributed by atoms with Crippen LogP contribution in [0.2, 0.25) is 0 Å². The summed E-state index contributed by atoms with van der Waals surface area (Å²) in [5.74, 6) is 0. The number of hydrogen-bond acceptors (Lipinski definition) is 4. The van der Waals surface area contributed by atoms with E-state index >= 15 is 0 Å². The molecule has 146 valence electrons. The first-order valence-electron chi connectivity index (χ1n) is 9.57. The minimum absolute atomic E-state index is 0.348. The highest BCUT2D eigenvalue weighted by Crippen LogP contribution is 2.14. The monoisotopic (exact) mass is 378 g/mol. The standard InChI is InChI=1S/C20H34N4OS/c1-17(2)21-20(26)24(11-5-10-23-12-14-25-15-13-23)16-18-6-8-19(9-7-18)22(3)4/h6-9,17H,5,10-16H2,1-4H3,(H,21,26). The van der Waals surface area contributed by atoms with E-state index in [9.17, 15) is 0 Å². The Morgan fingerprint density at radius 3 is 2.42 bits per heavy atom. The van der Waals surface area contributed by atoms with Crippen molar-refractivity contribution < 1.29 is 4.74 Å². The quantitative estimate of drug-likeness (QED) is 0.700. The van der Waals surface area contributed by atoms with Crippen LogP contribution >= 0.6 is 12.2 Å². The average Bonchev–Trinajstić information content (AvgIpc) is 2.61. The first-order valence-corrected chi connectivity index (χ1v) is 9.98. The maximum atomic E-state index is 5.66. The van der Waals surface area contributed by atoms with Gasteiger partial charge in [-0.15, -0.1) is 0 Å². The van der Waals surface area contributed by atoms with Gasteiger partial charge >= 0.3 is 0 Å². The Bertz CT molecular complexity index is 541. The van der Waals surface area contributed by atoms with Crippen LogP contribution in [0.15, 0.2) is 24.3 Å². The predicted molar refractivity (Wildman–Crippen MR) is 114 cm³/mol. The molecular weight excluding hydrogens is 344 g/mol. The molecule has 1 N–H and O–H groups in total. The van der Waals surface area contributed by atoms with Crippen LogP contribution in [0.25, 0.3) is 0 Å². The number of anilines is 1. The topological polar surface area (TPSA) is 31.0 Å². The highest BCUT2D eigenvalue weighted by Gasteiger charge is 2.14. The van der Waals surface area contributed by atoms with Gasteiger partial charge in [0.2, 0.25) is 0 Å². The van der Waals surface area contributed by atoms with Crippen molar-refractivity contribution in [1.82, 2.24) is 15.1 Å². The molecule has 6 heteroatoms. The normalized spacial score (nSPS) is 15.1. The second-order valence-corrected chi connectivity index (χ2v) is 7.78. The summed E-state index contributed by atoms with van der Waals surface area (Å²) in [6.07, 6.45) is 1.11. The molecule has 0 bridgehead atoms. The minimum atomic E-state index is 0.348. The molecule has 1 aromatic carbocycles. The lowest BCUT2D eigenvalue weighted by molar-refractivity contribution is 0.0367. The smallest absolute Gasteiger partial charge is 0.169 e. The molecule has 2 rings (SSSR count). The van der Waals surface area contributed by atoms with Gasteiger partial charge in [0.05, 0.1) is 13.2 Å². The molecule has 5 nitrogen and oxygen atoms in total. The molecule has 0 amide bonds. The second kappa shape index (κ2) is 10.7. The van der Waals surface area contributed by atoms with Crippen LogP contribution < -0.4 is 10.2 Å². The van der Waals surface area contributed by atoms with Gasteiger partial charge in [-0.25, -0.2) is 0 Å². The van der Waals surface area contributed by atoms with E-state index in [1.165, 1.54) is 11.3 Å². The van der Waals surface area contributed by atoms with Gasteiger partial charge in [-0.05, 0) is 50.2 Å². The lowest BCUT2D eigenvalue weighted by Gasteiger charge is -2.30. The van der Waals surface area contributed by atoms with E-state index in [0.29, 0.717) is 6.04 Å². The molecule has 0 unspecified atom stereocenters. The molecular formula is C20H34N4OS. The molecule has 1 saturated heterocycles.